The van der Waals surface area contributed by atoms with E-state index in [1.807, 2.05) is 32.1 Å². The van der Waals surface area contributed by atoms with Crippen LogP contribution in [-0.2, 0) is 23.9 Å². The van der Waals surface area contributed by atoms with Crippen LogP contribution < -0.4 is 0 Å². The van der Waals surface area contributed by atoms with E-state index < -0.39 is 22.9 Å². The second-order valence-corrected chi connectivity index (χ2v) is 8.07. The van der Waals surface area contributed by atoms with Crippen molar-refractivity contribution in [2.75, 3.05) is 6.61 Å². The third-order valence-electron chi connectivity index (χ3n) is 6.30. The minimum absolute atomic E-state index is 0.110. The zero-order chi connectivity index (χ0) is 19.8. The lowest BCUT2D eigenvalue weighted by Crippen LogP contribution is -2.55. The Balaban J connectivity index is 1.98. The first kappa shape index (κ1) is 19.6. The smallest absolute Gasteiger partial charge is 0.318 e. The number of carbonyl (C=O) groups excluding carboxylic acids is 3. The predicted octanol–water partition coefficient (Wildman–Crippen LogP) is 3.83. The van der Waals surface area contributed by atoms with Crippen molar-refractivity contribution >= 4 is 17.5 Å². The van der Waals surface area contributed by atoms with E-state index in [1.165, 1.54) is 0 Å². The second kappa shape index (κ2) is 7.10. The normalized spacial score (nSPS) is 32.7. The molecule has 1 saturated heterocycles. The van der Waals surface area contributed by atoms with E-state index >= 15 is 0 Å². The maximum atomic E-state index is 13.2. The molecular weight excluding hydrogens is 344 g/mol. The van der Waals surface area contributed by atoms with Gasteiger partial charge in [-0.05, 0) is 44.4 Å². The summed E-state index contributed by atoms with van der Waals surface area (Å²) in [4.78, 5) is 38.8. The average Bonchev–Trinajstić information content (AvgIpc) is 2.81. The highest BCUT2D eigenvalue weighted by Gasteiger charge is 2.69. The van der Waals surface area contributed by atoms with Crippen LogP contribution in [0.2, 0.25) is 0 Å². The molecule has 1 fully saturated rings. The van der Waals surface area contributed by atoms with Gasteiger partial charge in [0.2, 0.25) is 5.78 Å². The molecule has 2 aliphatic heterocycles. The predicted molar refractivity (Wildman–Crippen MR) is 101 cm³/mol. The Morgan fingerprint density at radius 2 is 2.04 bits per heavy atom. The minimum Gasteiger partial charge on any atom is -0.489 e. The maximum Gasteiger partial charge on any atom is 0.318 e. The molecule has 5 nitrogen and oxygen atoms in total. The lowest BCUT2D eigenvalue weighted by atomic mass is 9.57. The van der Waals surface area contributed by atoms with E-state index in [2.05, 4.69) is 6.92 Å². The first-order chi connectivity index (χ1) is 12.8. The highest BCUT2D eigenvalue weighted by Crippen LogP contribution is 2.57. The Morgan fingerprint density at radius 3 is 2.70 bits per heavy atom. The number of Topliss-reactive ketones (excluding diaryl/α,β-unsaturated/α-hetero) is 2. The fourth-order valence-electron chi connectivity index (χ4n) is 4.53. The van der Waals surface area contributed by atoms with E-state index in [0.29, 0.717) is 24.2 Å². The van der Waals surface area contributed by atoms with Crippen molar-refractivity contribution in [3.63, 3.8) is 0 Å². The second-order valence-electron chi connectivity index (χ2n) is 8.07. The molecule has 0 radical (unpaired) electrons. The van der Waals surface area contributed by atoms with Crippen molar-refractivity contribution in [3.05, 3.63) is 35.1 Å². The molecule has 3 aliphatic rings. The quantitative estimate of drug-likeness (QED) is 0.403. The first-order valence-corrected chi connectivity index (χ1v) is 9.78. The van der Waals surface area contributed by atoms with Gasteiger partial charge in [0.1, 0.15) is 24.1 Å². The molecule has 0 spiro atoms. The molecule has 0 N–H and O–H groups in total. The van der Waals surface area contributed by atoms with Gasteiger partial charge < -0.3 is 9.47 Å². The van der Waals surface area contributed by atoms with E-state index in [0.717, 1.165) is 24.8 Å². The molecule has 1 aliphatic carbocycles. The first-order valence-electron chi connectivity index (χ1n) is 9.78. The fourth-order valence-corrected chi connectivity index (χ4v) is 4.53. The molecule has 0 unspecified atom stereocenters. The van der Waals surface area contributed by atoms with E-state index in [9.17, 15) is 14.4 Å². The van der Waals surface area contributed by atoms with Gasteiger partial charge in [-0.2, -0.15) is 0 Å². The van der Waals surface area contributed by atoms with Crippen molar-refractivity contribution in [3.8, 4) is 0 Å². The molecule has 27 heavy (non-hydrogen) atoms. The third-order valence-corrected chi connectivity index (χ3v) is 6.30. The summed E-state index contributed by atoms with van der Waals surface area (Å²) in [6, 6.07) is 0. The Kier molecular flexibility index (Phi) is 5.15. The lowest BCUT2D eigenvalue weighted by molar-refractivity contribution is -0.159. The Bertz CT molecular complexity index is 772. The Labute approximate surface area is 160 Å². The molecule has 3 atom stereocenters. The van der Waals surface area contributed by atoms with Gasteiger partial charge in [0.15, 0.2) is 5.60 Å². The van der Waals surface area contributed by atoms with Gasteiger partial charge in [-0.1, -0.05) is 32.8 Å². The summed E-state index contributed by atoms with van der Waals surface area (Å²) in [6.45, 7) is 7.64. The van der Waals surface area contributed by atoms with E-state index in [-0.39, 0.29) is 18.2 Å². The van der Waals surface area contributed by atoms with Gasteiger partial charge in [-0.25, -0.2) is 0 Å². The highest BCUT2D eigenvalue weighted by molar-refractivity contribution is 6.11. The minimum atomic E-state index is -1.32. The van der Waals surface area contributed by atoms with Crippen LogP contribution in [0.15, 0.2) is 35.1 Å². The number of ether oxygens (including phenoxy) is 2. The average molecular weight is 372 g/mol. The number of unbranched alkanes of at least 4 members (excludes halogenated alkanes) is 2. The zero-order valence-electron chi connectivity index (χ0n) is 16.6. The molecule has 0 aromatic carbocycles. The van der Waals surface area contributed by atoms with Gasteiger partial charge in [-0.15, -0.1) is 0 Å². The topological polar surface area (TPSA) is 69.7 Å². The standard InChI is InChI=1S/C22H28O5/c1-5-7-8-10-17(23)18-20(25)27-22(4)19(24)16-13-26-15(9-6-2)11-14(16)12-21(18,22)3/h6,9,11,18H,5,7-8,10,12-13H2,1-4H3/b9-6-/t18-,21+,22-/m0/s1. The number of allylic oxidation sites excluding steroid dienone is 4. The molecule has 0 aromatic rings. The largest absolute Gasteiger partial charge is 0.489 e. The summed E-state index contributed by atoms with van der Waals surface area (Å²) in [5.41, 5.74) is -0.791. The van der Waals surface area contributed by atoms with Crippen molar-refractivity contribution in [2.24, 2.45) is 11.3 Å². The number of carbonyl (C=O) groups is 3. The summed E-state index contributed by atoms with van der Waals surface area (Å²) in [7, 11) is 0. The molecular formula is C22H28O5. The maximum absolute atomic E-state index is 13.2. The van der Waals surface area contributed by atoms with Gasteiger partial charge in [0.25, 0.3) is 0 Å². The SMILES string of the molecule is C/C=C\C1=CC2=C(CO1)C(=O)[C@]1(C)OC(=O)[C@H](C(=O)CCCCC)[C@@]1(C)C2. The van der Waals surface area contributed by atoms with Gasteiger partial charge in [0.05, 0.1) is 0 Å². The molecule has 0 aromatic heterocycles. The molecule has 0 saturated carbocycles. The summed E-state index contributed by atoms with van der Waals surface area (Å²) in [5.74, 6) is -1.11. The number of ketones is 2. The molecule has 5 heteroatoms. The van der Waals surface area contributed by atoms with Crippen LogP contribution in [0.5, 0.6) is 0 Å². The summed E-state index contributed by atoms with van der Waals surface area (Å²) < 4.78 is 11.2. The molecule has 0 bridgehead atoms. The van der Waals surface area contributed by atoms with E-state index in [4.69, 9.17) is 9.47 Å². The van der Waals surface area contributed by atoms with Crippen LogP contribution in [-0.4, -0.2) is 29.7 Å². The van der Waals surface area contributed by atoms with Crippen LogP contribution in [0, 0.1) is 11.3 Å². The fraction of sp³-hybridized carbons (Fsp3) is 0.591. The number of hydrogen-bond donors (Lipinski definition) is 0. The van der Waals surface area contributed by atoms with E-state index in [1.54, 1.807) is 6.92 Å². The molecule has 3 rings (SSSR count). The monoisotopic (exact) mass is 372 g/mol. The lowest BCUT2D eigenvalue weighted by Gasteiger charge is -2.44. The zero-order valence-corrected chi connectivity index (χ0v) is 16.6. The van der Waals surface area contributed by atoms with Crippen LogP contribution in [0.25, 0.3) is 0 Å². The number of esters is 1. The van der Waals surface area contributed by atoms with Crippen LogP contribution in [0.1, 0.15) is 59.8 Å². The van der Waals surface area contributed by atoms with Gasteiger partial charge in [-0.3, -0.25) is 14.4 Å². The summed E-state index contributed by atoms with van der Waals surface area (Å²) in [6.07, 6.45) is 9.07. The van der Waals surface area contributed by atoms with Crippen molar-refractivity contribution in [2.45, 2.75) is 65.4 Å². The molecule has 146 valence electrons. The van der Waals surface area contributed by atoms with Gasteiger partial charge in [0, 0.05) is 17.4 Å². The summed E-state index contributed by atoms with van der Waals surface area (Å²) >= 11 is 0. The summed E-state index contributed by atoms with van der Waals surface area (Å²) in [5, 5.41) is 0. The highest BCUT2D eigenvalue weighted by atomic mass is 16.6. The van der Waals surface area contributed by atoms with Crippen LogP contribution in [0.4, 0.5) is 0 Å². The van der Waals surface area contributed by atoms with Gasteiger partial charge >= 0.3 is 5.97 Å². The number of hydrogen-bond acceptors (Lipinski definition) is 5. The van der Waals surface area contributed by atoms with Crippen molar-refractivity contribution < 1.29 is 23.9 Å². The van der Waals surface area contributed by atoms with Crippen molar-refractivity contribution in [1.29, 1.82) is 0 Å². The van der Waals surface area contributed by atoms with Crippen LogP contribution in [0.3, 0.4) is 0 Å². The Hall–Kier alpha value is -2.17. The van der Waals surface area contributed by atoms with Crippen molar-refractivity contribution in [1.82, 2.24) is 0 Å². The molecule has 0 amide bonds. The third kappa shape index (κ3) is 2.97. The molecule has 2 heterocycles. The van der Waals surface area contributed by atoms with Crippen LogP contribution >= 0.6 is 0 Å². The number of rotatable bonds is 6. The Morgan fingerprint density at radius 1 is 1.30 bits per heavy atom. The number of fused-ring (bicyclic) bond motifs is 1.